The predicted octanol–water partition coefficient (Wildman–Crippen LogP) is 13.6. The highest BCUT2D eigenvalue weighted by molar-refractivity contribution is 7.19. The maximum absolute atomic E-state index is 5.28. The van der Waals surface area contributed by atoms with E-state index in [1.807, 2.05) is 0 Å². The Hall–Kier alpha value is -6.29. The molecule has 0 N–H and O–H groups in total. The molecule has 2 nitrogen and oxygen atoms in total. The van der Waals surface area contributed by atoms with Gasteiger partial charge in [0.2, 0.25) is 0 Å². The van der Waals surface area contributed by atoms with Crippen molar-refractivity contribution in [2.75, 3.05) is 4.90 Å². The zero-order valence-electron chi connectivity index (χ0n) is 27.1. The van der Waals surface area contributed by atoms with E-state index in [1.54, 1.807) is 11.3 Å². The number of nitrogens with zero attached hydrogens (tertiary/aromatic N) is 2. The van der Waals surface area contributed by atoms with E-state index in [2.05, 4.69) is 187 Å². The SMILES string of the molecule is c1ccc(-c2ccc(N(c3ccc(-c4ccccc4)cc3)c3cc4c5c(cccc5c3)-c3nc(-c5ccc6ccccc6c5)sc3-4)cc2)cc1. The Kier molecular flexibility index (Phi) is 6.71. The number of anilines is 3. The van der Waals surface area contributed by atoms with Crippen LogP contribution < -0.4 is 4.90 Å². The van der Waals surface area contributed by atoms with Gasteiger partial charge >= 0.3 is 0 Å². The van der Waals surface area contributed by atoms with Crippen LogP contribution in [0, 0.1) is 0 Å². The van der Waals surface area contributed by atoms with Gasteiger partial charge in [-0.15, -0.1) is 11.3 Å². The van der Waals surface area contributed by atoms with E-state index < -0.39 is 0 Å². The first kappa shape index (κ1) is 28.7. The lowest BCUT2D eigenvalue weighted by Crippen LogP contribution is -2.10. The third-order valence-electron chi connectivity index (χ3n) is 9.81. The van der Waals surface area contributed by atoms with E-state index in [0.29, 0.717) is 0 Å². The van der Waals surface area contributed by atoms with Crippen LogP contribution in [0.2, 0.25) is 0 Å². The van der Waals surface area contributed by atoms with Crippen LogP contribution in [0.3, 0.4) is 0 Å². The lowest BCUT2D eigenvalue weighted by Gasteiger charge is -2.27. The summed E-state index contributed by atoms with van der Waals surface area (Å²) in [4.78, 5) is 8.90. The number of benzene rings is 8. The van der Waals surface area contributed by atoms with Gasteiger partial charge in [0.15, 0.2) is 0 Å². The Morgan fingerprint density at radius 2 is 0.940 bits per heavy atom. The van der Waals surface area contributed by atoms with Crippen molar-refractivity contribution in [2.24, 2.45) is 0 Å². The highest BCUT2D eigenvalue weighted by atomic mass is 32.1. The van der Waals surface area contributed by atoms with Crippen molar-refractivity contribution >= 4 is 49.9 Å². The smallest absolute Gasteiger partial charge is 0.124 e. The highest BCUT2D eigenvalue weighted by Gasteiger charge is 2.28. The summed E-state index contributed by atoms with van der Waals surface area (Å²) in [6.45, 7) is 0. The molecule has 1 aliphatic rings. The fourth-order valence-corrected chi connectivity index (χ4v) is 8.46. The Bertz CT molecular complexity index is 2590. The minimum absolute atomic E-state index is 1.05. The first-order valence-corrected chi connectivity index (χ1v) is 17.8. The molecule has 1 aromatic heterocycles. The van der Waals surface area contributed by atoms with Gasteiger partial charge in [-0.2, -0.15) is 0 Å². The van der Waals surface area contributed by atoms with Gasteiger partial charge in [-0.3, -0.25) is 0 Å². The quantitative estimate of drug-likeness (QED) is 0.177. The van der Waals surface area contributed by atoms with Crippen LogP contribution in [0.15, 0.2) is 182 Å². The van der Waals surface area contributed by atoms with Crippen LogP contribution in [0.1, 0.15) is 0 Å². The molecule has 50 heavy (non-hydrogen) atoms. The van der Waals surface area contributed by atoms with E-state index in [1.165, 1.54) is 59.8 Å². The summed E-state index contributed by atoms with van der Waals surface area (Å²) in [7, 11) is 0. The average Bonchev–Trinajstić information content (AvgIpc) is 3.76. The molecule has 0 bridgehead atoms. The minimum Gasteiger partial charge on any atom is -0.310 e. The number of hydrogen-bond donors (Lipinski definition) is 0. The molecule has 3 heteroatoms. The van der Waals surface area contributed by atoms with Gasteiger partial charge < -0.3 is 4.90 Å². The van der Waals surface area contributed by atoms with Gasteiger partial charge in [0.05, 0.1) is 10.6 Å². The van der Waals surface area contributed by atoms with E-state index in [0.717, 1.165) is 33.3 Å². The fraction of sp³-hybridized carbons (Fsp3) is 0. The first-order valence-electron chi connectivity index (χ1n) is 17.0. The molecule has 1 heterocycles. The monoisotopic (exact) mass is 654 g/mol. The van der Waals surface area contributed by atoms with Gasteiger partial charge in [0.25, 0.3) is 0 Å². The Labute approximate surface area is 295 Å². The number of fused-ring (bicyclic) bond motifs is 4. The predicted molar refractivity (Wildman–Crippen MR) is 213 cm³/mol. The second-order valence-corrected chi connectivity index (χ2v) is 13.8. The van der Waals surface area contributed by atoms with E-state index in [-0.39, 0.29) is 0 Å². The highest BCUT2D eigenvalue weighted by Crippen LogP contribution is 2.53. The molecule has 0 saturated carbocycles. The first-order chi connectivity index (χ1) is 24.8. The summed E-state index contributed by atoms with van der Waals surface area (Å²) in [5.74, 6) is 0. The molecule has 0 fully saturated rings. The van der Waals surface area contributed by atoms with E-state index >= 15 is 0 Å². The molecule has 234 valence electrons. The van der Waals surface area contributed by atoms with Crippen LogP contribution in [-0.4, -0.2) is 4.98 Å². The molecule has 1 aliphatic carbocycles. The molecule has 8 aromatic carbocycles. The topological polar surface area (TPSA) is 16.1 Å². The largest absolute Gasteiger partial charge is 0.310 e. The second-order valence-electron chi connectivity index (χ2n) is 12.8. The van der Waals surface area contributed by atoms with Crippen molar-refractivity contribution in [2.45, 2.75) is 0 Å². The zero-order valence-corrected chi connectivity index (χ0v) is 27.9. The Morgan fingerprint density at radius 1 is 0.380 bits per heavy atom. The molecule has 9 aromatic rings. The molecule has 0 spiro atoms. The summed E-state index contributed by atoms with van der Waals surface area (Å²) in [5.41, 5.74) is 12.9. The average molecular weight is 655 g/mol. The van der Waals surface area contributed by atoms with Gasteiger partial charge in [-0.25, -0.2) is 4.98 Å². The zero-order chi connectivity index (χ0) is 33.0. The van der Waals surface area contributed by atoms with Crippen molar-refractivity contribution in [1.29, 1.82) is 0 Å². The van der Waals surface area contributed by atoms with Crippen molar-refractivity contribution in [3.63, 3.8) is 0 Å². The molecule has 0 amide bonds. The third kappa shape index (κ3) is 4.82. The lowest BCUT2D eigenvalue weighted by molar-refractivity contribution is 1.29. The van der Waals surface area contributed by atoms with Gasteiger partial charge in [0, 0.05) is 33.8 Å². The van der Waals surface area contributed by atoms with Gasteiger partial charge in [-0.1, -0.05) is 140 Å². The normalized spacial score (nSPS) is 11.6. The van der Waals surface area contributed by atoms with E-state index in [4.69, 9.17) is 4.98 Å². The van der Waals surface area contributed by atoms with Gasteiger partial charge in [0.1, 0.15) is 5.01 Å². The van der Waals surface area contributed by atoms with Crippen molar-refractivity contribution in [3.05, 3.63) is 182 Å². The van der Waals surface area contributed by atoms with Crippen LogP contribution >= 0.6 is 11.3 Å². The number of thiazole rings is 1. The van der Waals surface area contributed by atoms with Crippen LogP contribution in [0.5, 0.6) is 0 Å². The molecular formula is C47H30N2S. The molecule has 0 radical (unpaired) electrons. The Balaban J connectivity index is 1.11. The number of hydrogen-bond acceptors (Lipinski definition) is 3. The summed E-state index contributed by atoms with van der Waals surface area (Å²) >= 11 is 1.79. The van der Waals surface area contributed by atoms with Crippen molar-refractivity contribution in [3.8, 4) is 54.5 Å². The summed E-state index contributed by atoms with van der Waals surface area (Å²) in [6, 6.07) is 65.6. The molecule has 10 rings (SSSR count). The summed E-state index contributed by atoms with van der Waals surface area (Å²) in [6.07, 6.45) is 0. The fourth-order valence-electron chi connectivity index (χ4n) is 7.36. The third-order valence-corrected chi connectivity index (χ3v) is 10.9. The van der Waals surface area contributed by atoms with Gasteiger partial charge in [-0.05, 0) is 86.3 Å². The van der Waals surface area contributed by atoms with Crippen LogP contribution in [-0.2, 0) is 0 Å². The molecular weight excluding hydrogens is 625 g/mol. The van der Waals surface area contributed by atoms with Crippen molar-refractivity contribution < 1.29 is 0 Å². The molecule has 0 atom stereocenters. The summed E-state index contributed by atoms with van der Waals surface area (Å²) < 4.78 is 0. The maximum atomic E-state index is 5.28. The van der Waals surface area contributed by atoms with Crippen LogP contribution in [0.25, 0.3) is 76.1 Å². The van der Waals surface area contributed by atoms with E-state index in [9.17, 15) is 0 Å². The second kappa shape index (κ2) is 11.7. The van der Waals surface area contributed by atoms with Crippen LogP contribution in [0.4, 0.5) is 17.1 Å². The maximum Gasteiger partial charge on any atom is 0.124 e. The number of aromatic nitrogens is 1. The lowest BCUT2D eigenvalue weighted by atomic mass is 10.0. The number of rotatable bonds is 6. The Morgan fingerprint density at radius 3 is 1.60 bits per heavy atom. The molecule has 0 saturated heterocycles. The van der Waals surface area contributed by atoms with Crippen molar-refractivity contribution in [1.82, 2.24) is 4.98 Å². The minimum atomic E-state index is 1.05. The molecule has 0 aliphatic heterocycles. The summed E-state index contributed by atoms with van der Waals surface area (Å²) in [5, 5.41) is 6.04. The molecule has 0 unspecified atom stereocenters. The standard InChI is InChI=1S/C47H30N2S/c1-3-10-31(11-4-1)34-20-24-39(25-21-34)49(40-26-22-35(23-27-40)32-12-5-2-6-13-32)41-29-37-16-9-17-42-44(37)43(30-41)46-45(42)48-47(50-46)38-19-18-33-14-7-8-15-36(33)28-38/h1-30H.